The average Bonchev–Trinajstić information content (AvgIpc) is 1.88. The third-order valence-corrected chi connectivity index (χ3v) is 0.800. The summed E-state index contributed by atoms with van der Waals surface area (Å²) in [5, 5.41) is 8.19. The van der Waals surface area contributed by atoms with Crippen molar-refractivity contribution in [1.82, 2.24) is 0 Å². The number of carboxylic acids is 1. The van der Waals surface area contributed by atoms with Crippen molar-refractivity contribution in [1.29, 1.82) is 0 Å². The molecule has 0 heterocycles. The Morgan fingerprint density at radius 2 is 2.40 bits per heavy atom. The van der Waals surface area contributed by atoms with Crippen LogP contribution in [0.15, 0.2) is 0 Å². The van der Waals surface area contributed by atoms with Gasteiger partial charge in [-0.15, -0.1) is 0 Å². The molecule has 0 radical (unpaired) electrons. The van der Waals surface area contributed by atoms with Gasteiger partial charge in [-0.1, -0.05) is 0 Å². The molecule has 0 rings (SSSR count). The van der Waals surface area contributed by atoms with Gasteiger partial charge in [-0.2, -0.15) is 0 Å². The van der Waals surface area contributed by atoms with Crippen LogP contribution in [0.5, 0.6) is 0 Å². The number of carbonyl (C=O) groups excluding carboxylic acids is 1. The van der Waals surface area contributed by atoms with E-state index in [0.717, 1.165) is 0 Å². The SMILES string of the molecule is N[C@@H](COCC=O)C(=O)O. The standard InChI is InChI=1S/C5H9NO4/c6-4(5(8)9)3-10-2-1-7/h1,4H,2-3,6H2,(H,8,9)/t4-/m0/s1. The van der Waals surface area contributed by atoms with Gasteiger partial charge in [0.2, 0.25) is 0 Å². The van der Waals surface area contributed by atoms with Crippen LogP contribution in [-0.2, 0) is 14.3 Å². The second kappa shape index (κ2) is 4.89. The van der Waals surface area contributed by atoms with Gasteiger partial charge in [0.15, 0.2) is 0 Å². The maximum Gasteiger partial charge on any atom is 0.322 e. The van der Waals surface area contributed by atoms with Gasteiger partial charge < -0.3 is 20.4 Å². The van der Waals surface area contributed by atoms with Gasteiger partial charge in [0.05, 0.1) is 6.61 Å². The van der Waals surface area contributed by atoms with E-state index < -0.39 is 12.0 Å². The van der Waals surface area contributed by atoms with E-state index in [9.17, 15) is 9.59 Å². The third kappa shape index (κ3) is 3.99. The van der Waals surface area contributed by atoms with E-state index in [2.05, 4.69) is 4.74 Å². The number of carboxylic acid groups (broad SMARTS) is 1. The Bertz CT molecular complexity index is 125. The molecule has 0 saturated heterocycles. The number of carbonyl (C=O) groups is 2. The van der Waals surface area contributed by atoms with E-state index in [0.29, 0.717) is 6.29 Å². The van der Waals surface area contributed by atoms with E-state index in [1.165, 1.54) is 0 Å². The Morgan fingerprint density at radius 3 is 2.80 bits per heavy atom. The van der Waals surface area contributed by atoms with E-state index in [1.807, 2.05) is 0 Å². The normalized spacial score (nSPS) is 12.5. The monoisotopic (exact) mass is 147 g/mol. The van der Waals surface area contributed by atoms with Crippen molar-refractivity contribution in [2.24, 2.45) is 5.73 Å². The molecule has 0 bridgehead atoms. The number of hydrogen-bond donors (Lipinski definition) is 2. The molecule has 0 aliphatic rings. The lowest BCUT2D eigenvalue weighted by Crippen LogP contribution is -2.35. The summed E-state index contributed by atoms with van der Waals surface area (Å²) in [6.07, 6.45) is 0.536. The summed E-state index contributed by atoms with van der Waals surface area (Å²) in [6, 6.07) is -1.04. The fraction of sp³-hybridized carbons (Fsp3) is 0.600. The first-order chi connectivity index (χ1) is 4.68. The lowest BCUT2D eigenvalue weighted by atomic mass is 10.3. The molecule has 0 aromatic carbocycles. The van der Waals surface area contributed by atoms with Gasteiger partial charge in [0.25, 0.3) is 0 Å². The second-order valence-corrected chi connectivity index (χ2v) is 1.65. The molecular formula is C5H9NO4. The van der Waals surface area contributed by atoms with Crippen LogP contribution in [0, 0.1) is 0 Å². The van der Waals surface area contributed by atoms with Crippen LogP contribution in [-0.4, -0.2) is 36.6 Å². The highest BCUT2D eigenvalue weighted by Crippen LogP contribution is 1.79. The highest BCUT2D eigenvalue weighted by Gasteiger charge is 2.09. The van der Waals surface area contributed by atoms with Crippen molar-refractivity contribution >= 4 is 12.3 Å². The molecule has 0 aliphatic heterocycles. The van der Waals surface area contributed by atoms with Crippen LogP contribution in [0.25, 0.3) is 0 Å². The zero-order valence-corrected chi connectivity index (χ0v) is 5.32. The highest BCUT2D eigenvalue weighted by molar-refractivity contribution is 5.73. The second-order valence-electron chi connectivity index (χ2n) is 1.65. The molecule has 0 aliphatic carbocycles. The fourth-order valence-electron chi connectivity index (χ4n) is 0.314. The van der Waals surface area contributed by atoms with Crippen LogP contribution in [0.4, 0.5) is 0 Å². The van der Waals surface area contributed by atoms with Gasteiger partial charge in [-0.3, -0.25) is 4.79 Å². The van der Waals surface area contributed by atoms with Crippen LogP contribution in [0.2, 0.25) is 0 Å². The summed E-state index contributed by atoms with van der Waals surface area (Å²) in [7, 11) is 0. The highest BCUT2D eigenvalue weighted by atomic mass is 16.5. The Hall–Kier alpha value is -0.940. The first-order valence-electron chi connectivity index (χ1n) is 2.68. The minimum absolute atomic E-state index is 0.110. The Kier molecular flexibility index (Phi) is 4.43. The number of ether oxygens (including phenoxy) is 1. The maximum absolute atomic E-state index is 10.0. The summed E-state index contributed by atoms with van der Waals surface area (Å²) in [5.41, 5.74) is 5.02. The van der Waals surface area contributed by atoms with E-state index in [-0.39, 0.29) is 13.2 Å². The quantitative estimate of drug-likeness (QED) is 0.369. The van der Waals surface area contributed by atoms with Gasteiger partial charge in [-0.25, -0.2) is 0 Å². The van der Waals surface area contributed by atoms with Crippen molar-refractivity contribution < 1.29 is 19.4 Å². The number of aliphatic carboxylic acids is 1. The average molecular weight is 147 g/mol. The Balaban J connectivity index is 3.30. The zero-order chi connectivity index (χ0) is 7.98. The topological polar surface area (TPSA) is 89.6 Å². The first-order valence-corrected chi connectivity index (χ1v) is 2.68. The number of rotatable bonds is 5. The molecule has 5 nitrogen and oxygen atoms in total. The van der Waals surface area contributed by atoms with E-state index >= 15 is 0 Å². The lowest BCUT2D eigenvalue weighted by Gasteiger charge is -2.03. The molecule has 0 unspecified atom stereocenters. The van der Waals surface area contributed by atoms with E-state index in [4.69, 9.17) is 10.8 Å². The summed E-state index contributed by atoms with van der Waals surface area (Å²) in [4.78, 5) is 19.6. The maximum atomic E-state index is 10.0. The van der Waals surface area contributed by atoms with Crippen LogP contribution < -0.4 is 5.73 Å². The summed E-state index contributed by atoms with van der Waals surface area (Å²) in [6.45, 7) is -0.241. The minimum Gasteiger partial charge on any atom is -0.480 e. The van der Waals surface area contributed by atoms with Gasteiger partial charge >= 0.3 is 5.97 Å². The smallest absolute Gasteiger partial charge is 0.322 e. The van der Waals surface area contributed by atoms with Crippen molar-refractivity contribution in [3.8, 4) is 0 Å². The number of aldehydes is 1. The molecule has 0 spiro atoms. The molecule has 1 atom stereocenters. The van der Waals surface area contributed by atoms with Crippen molar-refractivity contribution in [2.75, 3.05) is 13.2 Å². The van der Waals surface area contributed by atoms with Crippen molar-refractivity contribution in [2.45, 2.75) is 6.04 Å². The van der Waals surface area contributed by atoms with Gasteiger partial charge in [0.1, 0.15) is 18.9 Å². The molecular weight excluding hydrogens is 138 g/mol. The fourth-order valence-corrected chi connectivity index (χ4v) is 0.314. The largest absolute Gasteiger partial charge is 0.480 e. The minimum atomic E-state index is -1.13. The Labute approximate surface area is 57.8 Å². The molecule has 3 N–H and O–H groups in total. The van der Waals surface area contributed by atoms with Crippen LogP contribution >= 0.6 is 0 Å². The third-order valence-electron chi connectivity index (χ3n) is 0.800. The van der Waals surface area contributed by atoms with Crippen molar-refractivity contribution in [3.05, 3.63) is 0 Å². The molecule has 0 aromatic heterocycles. The van der Waals surface area contributed by atoms with Crippen LogP contribution in [0.1, 0.15) is 0 Å². The predicted octanol–water partition coefficient (Wildman–Crippen LogP) is -1.39. The molecule has 0 aromatic rings. The van der Waals surface area contributed by atoms with Crippen molar-refractivity contribution in [3.63, 3.8) is 0 Å². The summed E-state index contributed by atoms with van der Waals surface area (Å²) in [5.74, 6) is -1.13. The Morgan fingerprint density at radius 1 is 1.80 bits per heavy atom. The van der Waals surface area contributed by atoms with Gasteiger partial charge in [0, 0.05) is 0 Å². The molecule has 58 valence electrons. The van der Waals surface area contributed by atoms with Gasteiger partial charge in [-0.05, 0) is 0 Å². The molecule has 0 amide bonds. The van der Waals surface area contributed by atoms with E-state index in [1.54, 1.807) is 0 Å². The number of nitrogens with two attached hydrogens (primary N) is 1. The molecule has 5 heteroatoms. The molecule has 0 saturated carbocycles. The first kappa shape index (κ1) is 9.06. The predicted molar refractivity (Wildman–Crippen MR) is 32.5 cm³/mol. The lowest BCUT2D eigenvalue weighted by molar-refractivity contribution is -0.140. The number of hydrogen-bond acceptors (Lipinski definition) is 4. The molecule has 10 heavy (non-hydrogen) atoms. The summed E-state index contributed by atoms with van der Waals surface area (Å²) < 4.78 is 4.53. The summed E-state index contributed by atoms with van der Waals surface area (Å²) >= 11 is 0. The zero-order valence-electron chi connectivity index (χ0n) is 5.32. The van der Waals surface area contributed by atoms with Crippen LogP contribution in [0.3, 0.4) is 0 Å². The molecule has 0 fully saturated rings.